The normalized spacial score (nSPS) is 45.8. The van der Waals surface area contributed by atoms with Crippen molar-refractivity contribution in [3.63, 3.8) is 0 Å². The molecule has 2 rings (SSSR count). The van der Waals surface area contributed by atoms with E-state index in [0.717, 1.165) is 12.5 Å². The van der Waals surface area contributed by atoms with Crippen LogP contribution in [0.1, 0.15) is 13.3 Å². The predicted octanol–water partition coefficient (Wildman–Crippen LogP) is 0.841. The summed E-state index contributed by atoms with van der Waals surface area (Å²) in [6.07, 6.45) is 1.19. The van der Waals surface area contributed by atoms with Crippen molar-refractivity contribution in [1.29, 1.82) is 0 Å². The van der Waals surface area contributed by atoms with Gasteiger partial charge < -0.3 is 25.9 Å². The Kier molecular flexibility index (Phi) is 6.17. The Balaban J connectivity index is 1.76. The summed E-state index contributed by atoms with van der Waals surface area (Å²) in [5.74, 6) is 0. The Morgan fingerprint density at radius 2 is 1.60 bits per heavy atom. The second-order valence-electron chi connectivity index (χ2n) is 5.53. The van der Waals surface area contributed by atoms with Crippen LogP contribution in [0.4, 0.5) is 0 Å². The third-order valence-corrected chi connectivity index (χ3v) is 17.3. The van der Waals surface area contributed by atoms with Crippen LogP contribution in [-0.4, -0.2) is 55.4 Å². The molecular weight excluding hydrogens is 328 g/mol. The zero-order chi connectivity index (χ0) is 14.8. The Bertz CT molecular complexity index is 308. The maximum atomic E-state index is 6.20. The highest BCUT2D eigenvalue weighted by Gasteiger charge is 2.39. The minimum absolute atomic E-state index is 0.00348. The van der Waals surface area contributed by atoms with Crippen LogP contribution in [0.3, 0.4) is 0 Å². The van der Waals surface area contributed by atoms with Crippen LogP contribution in [0, 0.1) is 0 Å². The monoisotopic (exact) mass is 354 g/mol. The summed E-state index contributed by atoms with van der Waals surface area (Å²) in [4.78, 5) is 0. The molecular formula is C10H26O6Si4. The van der Waals surface area contributed by atoms with Gasteiger partial charge in [-0.3, -0.25) is 0 Å². The third kappa shape index (κ3) is 5.44. The Hall–Kier alpha value is 0.628. The molecule has 2 fully saturated rings. The second kappa shape index (κ2) is 7.26. The molecule has 2 saturated heterocycles. The second-order valence-corrected chi connectivity index (χ2v) is 15.8. The van der Waals surface area contributed by atoms with Crippen molar-refractivity contribution in [2.75, 3.05) is 6.61 Å². The lowest BCUT2D eigenvalue weighted by Crippen LogP contribution is -2.53. The molecule has 4 atom stereocenters. The Morgan fingerprint density at radius 3 is 2.10 bits per heavy atom. The Labute approximate surface area is 127 Å². The van der Waals surface area contributed by atoms with Crippen molar-refractivity contribution < 1.29 is 25.9 Å². The van der Waals surface area contributed by atoms with E-state index >= 15 is 0 Å². The summed E-state index contributed by atoms with van der Waals surface area (Å²) in [6, 6.07) is 0.922. The molecule has 20 heavy (non-hydrogen) atoms. The van der Waals surface area contributed by atoms with Crippen molar-refractivity contribution in [3.8, 4) is 0 Å². The van der Waals surface area contributed by atoms with Crippen molar-refractivity contribution >= 4 is 36.4 Å². The lowest BCUT2D eigenvalue weighted by Gasteiger charge is -2.37. The molecule has 0 bridgehead atoms. The van der Waals surface area contributed by atoms with Gasteiger partial charge in [0.15, 0.2) is 6.29 Å². The predicted molar refractivity (Wildman–Crippen MR) is 84.7 cm³/mol. The van der Waals surface area contributed by atoms with Gasteiger partial charge in [0.25, 0.3) is 27.9 Å². The average molecular weight is 355 g/mol. The van der Waals surface area contributed by atoms with Crippen LogP contribution in [0.15, 0.2) is 0 Å². The van der Waals surface area contributed by atoms with Crippen LogP contribution in [0.25, 0.3) is 0 Å². The highest BCUT2D eigenvalue weighted by molar-refractivity contribution is 6.81. The summed E-state index contributed by atoms with van der Waals surface area (Å²) in [5, 5.41) is 0. The molecule has 0 aromatic rings. The van der Waals surface area contributed by atoms with Crippen LogP contribution >= 0.6 is 0 Å². The molecule has 0 saturated carbocycles. The van der Waals surface area contributed by atoms with Crippen molar-refractivity contribution in [1.82, 2.24) is 0 Å². The molecule has 4 unspecified atom stereocenters. The van der Waals surface area contributed by atoms with Crippen LogP contribution in [0.5, 0.6) is 0 Å². The molecule has 2 aliphatic rings. The number of hydrogen-bond donors (Lipinski definition) is 0. The molecule has 118 valence electrons. The first-order valence-corrected chi connectivity index (χ1v) is 16.1. The van der Waals surface area contributed by atoms with Gasteiger partial charge in [-0.25, -0.2) is 0 Å². The fourth-order valence-corrected chi connectivity index (χ4v) is 17.1. The smallest absolute Gasteiger partial charge is 0.317 e. The summed E-state index contributed by atoms with van der Waals surface area (Å²) in [5.41, 5.74) is 0. The van der Waals surface area contributed by atoms with E-state index < -0.39 is 36.4 Å². The summed E-state index contributed by atoms with van der Waals surface area (Å²) >= 11 is 0. The first-order chi connectivity index (χ1) is 9.38. The van der Waals surface area contributed by atoms with Gasteiger partial charge in [0.1, 0.15) is 6.10 Å². The number of ether oxygens (including phenoxy) is 2. The zero-order valence-corrected chi connectivity index (χ0v) is 17.4. The summed E-state index contributed by atoms with van der Waals surface area (Å²) in [6.45, 7) is 11.0. The molecule has 2 heterocycles. The minimum Gasteiger partial charge on any atom is -0.420 e. The Morgan fingerprint density at radius 1 is 1.05 bits per heavy atom. The van der Waals surface area contributed by atoms with Gasteiger partial charge >= 0.3 is 8.56 Å². The van der Waals surface area contributed by atoms with Gasteiger partial charge in [-0.1, -0.05) is 0 Å². The van der Waals surface area contributed by atoms with E-state index in [1.165, 1.54) is 0 Å². The molecule has 0 amide bonds. The van der Waals surface area contributed by atoms with E-state index in [-0.39, 0.29) is 12.4 Å². The van der Waals surface area contributed by atoms with Gasteiger partial charge in [-0.05, 0) is 45.6 Å². The van der Waals surface area contributed by atoms with Crippen LogP contribution in [0.2, 0.25) is 32.2 Å². The van der Waals surface area contributed by atoms with Crippen LogP contribution in [-0.2, 0) is 25.9 Å². The lowest BCUT2D eigenvalue weighted by molar-refractivity contribution is 0.0498. The highest BCUT2D eigenvalue weighted by Crippen LogP contribution is 2.24. The van der Waals surface area contributed by atoms with Crippen molar-refractivity contribution in [2.24, 2.45) is 0 Å². The molecule has 10 heteroatoms. The largest absolute Gasteiger partial charge is 0.420 e. The molecule has 0 aromatic heterocycles. The third-order valence-electron chi connectivity index (χ3n) is 3.31. The van der Waals surface area contributed by atoms with E-state index in [2.05, 4.69) is 26.2 Å². The van der Waals surface area contributed by atoms with Gasteiger partial charge in [0.2, 0.25) is 0 Å². The molecule has 6 nitrogen and oxygen atoms in total. The van der Waals surface area contributed by atoms with Gasteiger partial charge in [-0.15, -0.1) is 0 Å². The molecule has 0 radical (unpaired) electrons. The maximum absolute atomic E-state index is 6.20. The quantitative estimate of drug-likeness (QED) is 0.414. The molecule has 0 aromatic carbocycles. The van der Waals surface area contributed by atoms with Crippen molar-refractivity contribution in [3.05, 3.63) is 0 Å². The van der Waals surface area contributed by atoms with Crippen molar-refractivity contribution in [2.45, 2.75) is 58.0 Å². The lowest BCUT2D eigenvalue weighted by atomic mass is 10.5. The fraction of sp³-hybridized carbons (Fsp3) is 1.00. The molecule has 0 N–H and O–H groups in total. The van der Waals surface area contributed by atoms with E-state index in [9.17, 15) is 0 Å². The number of rotatable bonds is 5. The first-order valence-electron chi connectivity index (χ1n) is 7.31. The van der Waals surface area contributed by atoms with Gasteiger partial charge in [0.05, 0.1) is 0 Å². The molecule has 2 aliphatic heterocycles. The van der Waals surface area contributed by atoms with Crippen LogP contribution < -0.4 is 0 Å². The molecule has 0 spiro atoms. The zero-order valence-electron chi connectivity index (χ0n) is 13.0. The summed E-state index contributed by atoms with van der Waals surface area (Å²) in [7, 11) is -6.94. The van der Waals surface area contributed by atoms with E-state index in [1.807, 2.05) is 6.92 Å². The minimum atomic E-state index is -2.17. The van der Waals surface area contributed by atoms with E-state index in [0.29, 0.717) is 6.61 Å². The van der Waals surface area contributed by atoms with Gasteiger partial charge in [0, 0.05) is 6.61 Å². The standard InChI is InChI=1S/C10H26O6Si4/c1-9-10(12-9)11-7-6-8-20(5)15-18(3)13-17(2)14-19(4)16-20/h9-10,17-19H,6-8H2,1-5H3. The SMILES string of the molecule is CC1OC1OCCC[Si]1(C)O[SiH](C)O[SiH](C)O[SiH](C)O1. The highest BCUT2D eigenvalue weighted by atomic mass is 28.5. The first kappa shape index (κ1) is 17.0. The van der Waals surface area contributed by atoms with E-state index in [1.54, 1.807) is 0 Å². The summed E-state index contributed by atoms with van der Waals surface area (Å²) < 4.78 is 35.0. The fourth-order valence-electron chi connectivity index (χ4n) is 2.41. The molecule has 0 aliphatic carbocycles. The number of hydrogen-bond acceptors (Lipinski definition) is 6. The maximum Gasteiger partial charge on any atom is 0.317 e. The number of epoxide rings is 1. The van der Waals surface area contributed by atoms with E-state index in [4.69, 9.17) is 25.9 Å². The average Bonchev–Trinajstić information content (AvgIpc) is 2.98. The topological polar surface area (TPSA) is 58.7 Å². The van der Waals surface area contributed by atoms with Gasteiger partial charge in [-0.2, -0.15) is 0 Å².